The molecule has 0 bridgehead atoms. The molecule has 0 saturated carbocycles. The third-order valence-electron chi connectivity index (χ3n) is 6.00. The van der Waals surface area contributed by atoms with Crippen LogP contribution in [0, 0.1) is 0 Å². The van der Waals surface area contributed by atoms with Crippen LogP contribution in [-0.2, 0) is 12.8 Å². The van der Waals surface area contributed by atoms with E-state index in [4.69, 9.17) is 4.74 Å². The monoisotopic (exact) mass is 394 g/mol. The van der Waals surface area contributed by atoms with Crippen LogP contribution in [0.15, 0.2) is 91.1 Å². The predicted molar refractivity (Wildman–Crippen MR) is 123 cm³/mol. The van der Waals surface area contributed by atoms with Gasteiger partial charge in [-0.05, 0) is 53.9 Å². The second kappa shape index (κ2) is 8.11. The number of H-pyrrole nitrogens is 1. The number of para-hydroxylation sites is 1. The fourth-order valence-corrected chi connectivity index (χ4v) is 4.50. The molecule has 1 unspecified atom stereocenters. The quantitative estimate of drug-likeness (QED) is 0.458. The van der Waals surface area contributed by atoms with E-state index in [1.54, 1.807) is 7.11 Å². The summed E-state index contributed by atoms with van der Waals surface area (Å²) in [6.07, 6.45) is 6.53. The topological polar surface area (TPSA) is 28.3 Å². The maximum absolute atomic E-state index is 5.38. The van der Waals surface area contributed by atoms with E-state index in [2.05, 4.69) is 101 Å². The van der Waals surface area contributed by atoms with Crippen molar-refractivity contribution in [2.24, 2.45) is 0 Å². The van der Waals surface area contributed by atoms with E-state index in [-0.39, 0.29) is 6.04 Å². The highest BCUT2D eigenvalue weighted by Gasteiger charge is 2.29. The van der Waals surface area contributed by atoms with Crippen molar-refractivity contribution in [3.8, 4) is 5.75 Å². The number of aromatic amines is 1. The second-order valence-electron chi connectivity index (χ2n) is 7.80. The van der Waals surface area contributed by atoms with Crippen LogP contribution in [-0.4, -0.2) is 23.5 Å². The largest absolute Gasteiger partial charge is 0.497 e. The van der Waals surface area contributed by atoms with Crippen LogP contribution >= 0.6 is 0 Å². The van der Waals surface area contributed by atoms with Crippen molar-refractivity contribution in [1.82, 2.24) is 9.88 Å². The molecule has 1 aliphatic heterocycles. The Balaban J connectivity index is 1.52. The van der Waals surface area contributed by atoms with Gasteiger partial charge in [-0.15, -0.1) is 0 Å². The number of ether oxygens (including phenoxy) is 1. The molecule has 1 N–H and O–H groups in total. The molecule has 1 aliphatic rings. The van der Waals surface area contributed by atoms with Gasteiger partial charge in [-0.1, -0.05) is 66.7 Å². The third-order valence-corrected chi connectivity index (χ3v) is 6.00. The number of methoxy groups -OCH3 is 1. The fraction of sp³-hybridized carbons (Fsp3) is 0.185. The van der Waals surface area contributed by atoms with E-state index in [0.717, 1.165) is 25.1 Å². The Bertz CT molecular complexity index is 1160. The van der Waals surface area contributed by atoms with Gasteiger partial charge in [-0.25, -0.2) is 0 Å². The molecule has 3 aromatic carbocycles. The SMILES string of the molecule is COc1ccc(C2c3[nH]c4ccccc4c3CCN2/C=C/Cc2ccccc2)cc1. The van der Waals surface area contributed by atoms with Gasteiger partial charge in [0.15, 0.2) is 0 Å². The Morgan fingerprint density at radius 1 is 0.967 bits per heavy atom. The van der Waals surface area contributed by atoms with Gasteiger partial charge in [0.2, 0.25) is 0 Å². The molecule has 0 radical (unpaired) electrons. The summed E-state index contributed by atoms with van der Waals surface area (Å²) in [6.45, 7) is 0.997. The smallest absolute Gasteiger partial charge is 0.118 e. The summed E-state index contributed by atoms with van der Waals surface area (Å²) in [5.74, 6) is 0.887. The molecule has 0 amide bonds. The lowest BCUT2D eigenvalue weighted by atomic mass is 9.92. The van der Waals surface area contributed by atoms with E-state index in [1.165, 1.54) is 33.3 Å². The summed E-state index contributed by atoms with van der Waals surface area (Å²) in [5.41, 5.74) is 6.57. The zero-order valence-corrected chi connectivity index (χ0v) is 17.2. The molecule has 5 rings (SSSR count). The standard InChI is InChI=1S/C27H26N2O/c1-30-22-15-13-21(14-16-22)27-26-24(23-11-5-6-12-25(23)28-26)17-19-29(27)18-7-10-20-8-3-2-4-9-20/h2-9,11-16,18,27-28H,10,17,19H2,1H3/b18-7+. The number of allylic oxidation sites excluding steroid dienone is 1. The average Bonchev–Trinajstić information content (AvgIpc) is 3.18. The van der Waals surface area contributed by atoms with E-state index in [0.29, 0.717) is 0 Å². The van der Waals surface area contributed by atoms with E-state index in [1.807, 2.05) is 0 Å². The van der Waals surface area contributed by atoms with Gasteiger partial charge in [-0.2, -0.15) is 0 Å². The number of hydrogen-bond donors (Lipinski definition) is 1. The lowest BCUT2D eigenvalue weighted by molar-refractivity contribution is 0.296. The maximum Gasteiger partial charge on any atom is 0.118 e. The lowest BCUT2D eigenvalue weighted by Gasteiger charge is -2.35. The van der Waals surface area contributed by atoms with Crippen molar-refractivity contribution in [3.05, 3.63) is 114 Å². The highest BCUT2D eigenvalue weighted by molar-refractivity contribution is 5.85. The number of aromatic nitrogens is 1. The molecule has 0 saturated heterocycles. The van der Waals surface area contributed by atoms with Crippen molar-refractivity contribution < 1.29 is 4.74 Å². The Hall–Kier alpha value is -3.46. The highest BCUT2D eigenvalue weighted by Crippen LogP contribution is 2.38. The van der Waals surface area contributed by atoms with Crippen LogP contribution in [0.1, 0.15) is 28.4 Å². The minimum Gasteiger partial charge on any atom is -0.497 e. The van der Waals surface area contributed by atoms with Gasteiger partial charge in [0, 0.05) is 23.1 Å². The van der Waals surface area contributed by atoms with Crippen molar-refractivity contribution in [2.45, 2.75) is 18.9 Å². The molecule has 1 aromatic heterocycles. The van der Waals surface area contributed by atoms with Gasteiger partial charge in [0.05, 0.1) is 13.2 Å². The first kappa shape index (κ1) is 18.6. The first-order valence-electron chi connectivity index (χ1n) is 10.5. The average molecular weight is 395 g/mol. The van der Waals surface area contributed by atoms with Crippen LogP contribution in [0.4, 0.5) is 0 Å². The summed E-state index contributed by atoms with van der Waals surface area (Å²) in [7, 11) is 1.71. The third kappa shape index (κ3) is 3.48. The van der Waals surface area contributed by atoms with Crippen molar-refractivity contribution in [1.29, 1.82) is 0 Å². The van der Waals surface area contributed by atoms with Crippen LogP contribution in [0.25, 0.3) is 10.9 Å². The number of fused-ring (bicyclic) bond motifs is 3. The van der Waals surface area contributed by atoms with Crippen LogP contribution in [0.5, 0.6) is 5.75 Å². The van der Waals surface area contributed by atoms with Crippen LogP contribution < -0.4 is 4.74 Å². The van der Waals surface area contributed by atoms with Crippen molar-refractivity contribution in [2.75, 3.05) is 13.7 Å². The maximum atomic E-state index is 5.38. The highest BCUT2D eigenvalue weighted by atomic mass is 16.5. The van der Waals surface area contributed by atoms with E-state index >= 15 is 0 Å². The molecule has 0 aliphatic carbocycles. The minimum atomic E-state index is 0.166. The second-order valence-corrected chi connectivity index (χ2v) is 7.80. The molecular weight excluding hydrogens is 368 g/mol. The number of hydrogen-bond acceptors (Lipinski definition) is 2. The summed E-state index contributed by atoms with van der Waals surface area (Å²) in [6, 6.07) is 27.9. The molecule has 1 atom stereocenters. The molecule has 3 heteroatoms. The Kier molecular flexibility index (Phi) is 5.02. The molecule has 0 fully saturated rings. The zero-order chi connectivity index (χ0) is 20.3. The number of rotatable bonds is 5. The predicted octanol–water partition coefficient (Wildman–Crippen LogP) is 5.88. The molecule has 2 heterocycles. The lowest BCUT2D eigenvalue weighted by Crippen LogP contribution is -2.32. The molecular formula is C27H26N2O. The summed E-state index contributed by atoms with van der Waals surface area (Å²) in [5, 5.41) is 1.35. The fourth-order valence-electron chi connectivity index (χ4n) is 4.50. The molecule has 30 heavy (non-hydrogen) atoms. The van der Waals surface area contributed by atoms with E-state index in [9.17, 15) is 0 Å². The van der Waals surface area contributed by atoms with Crippen LogP contribution in [0.3, 0.4) is 0 Å². The van der Waals surface area contributed by atoms with Crippen LogP contribution in [0.2, 0.25) is 0 Å². The van der Waals surface area contributed by atoms with Gasteiger partial charge in [0.1, 0.15) is 5.75 Å². The van der Waals surface area contributed by atoms with Gasteiger partial charge in [0.25, 0.3) is 0 Å². The molecule has 4 aromatic rings. The number of nitrogens with zero attached hydrogens (tertiary/aromatic N) is 1. The summed E-state index contributed by atoms with van der Waals surface area (Å²) >= 11 is 0. The minimum absolute atomic E-state index is 0.166. The summed E-state index contributed by atoms with van der Waals surface area (Å²) < 4.78 is 5.38. The van der Waals surface area contributed by atoms with E-state index < -0.39 is 0 Å². The first-order chi connectivity index (χ1) is 14.8. The Morgan fingerprint density at radius 2 is 1.73 bits per heavy atom. The molecule has 0 spiro atoms. The zero-order valence-electron chi connectivity index (χ0n) is 17.2. The van der Waals surface area contributed by atoms with Gasteiger partial charge >= 0.3 is 0 Å². The van der Waals surface area contributed by atoms with Gasteiger partial charge in [-0.3, -0.25) is 0 Å². The Morgan fingerprint density at radius 3 is 2.53 bits per heavy atom. The van der Waals surface area contributed by atoms with Crippen molar-refractivity contribution >= 4 is 10.9 Å². The summed E-state index contributed by atoms with van der Waals surface area (Å²) in [4.78, 5) is 6.19. The molecule has 150 valence electrons. The first-order valence-corrected chi connectivity index (χ1v) is 10.5. The van der Waals surface area contributed by atoms with Crippen molar-refractivity contribution in [3.63, 3.8) is 0 Å². The normalized spacial score (nSPS) is 16.2. The number of benzene rings is 3. The van der Waals surface area contributed by atoms with Gasteiger partial charge < -0.3 is 14.6 Å². The Labute approximate surface area is 177 Å². The molecule has 3 nitrogen and oxygen atoms in total. The number of nitrogens with one attached hydrogen (secondary N) is 1.